The van der Waals surface area contributed by atoms with Gasteiger partial charge >= 0.3 is 0 Å². The molecule has 2 rings (SSSR count). The molecule has 0 aliphatic heterocycles. The molecule has 0 saturated carbocycles. The molecule has 0 radical (unpaired) electrons. The first kappa shape index (κ1) is 28.0. The maximum absolute atomic E-state index is 11.8. The van der Waals surface area contributed by atoms with Crippen molar-refractivity contribution < 1.29 is 17.9 Å². The Bertz CT molecular complexity index is 1050. The number of aliphatic imine (C=N–C) groups is 1. The van der Waals surface area contributed by atoms with E-state index in [-0.39, 0.29) is 29.4 Å². The van der Waals surface area contributed by atoms with E-state index in [1.165, 1.54) is 6.26 Å². The predicted octanol–water partition coefficient (Wildman–Crippen LogP) is 3.68. The third kappa shape index (κ3) is 7.26. The van der Waals surface area contributed by atoms with E-state index >= 15 is 0 Å². The van der Waals surface area contributed by atoms with Gasteiger partial charge in [0.15, 0.2) is 27.3 Å². The molecule has 0 heterocycles. The van der Waals surface area contributed by atoms with Crippen LogP contribution in [-0.4, -0.2) is 48.4 Å². The number of hydrogen-bond acceptors (Lipinski definition) is 5. The van der Waals surface area contributed by atoms with Crippen LogP contribution in [0.15, 0.2) is 46.3 Å². The molecule has 0 atom stereocenters. The van der Waals surface area contributed by atoms with Crippen molar-refractivity contribution in [2.24, 2.45) is 4.99 Å². The Morgan fingerprint density at radius 1 is 1.03 bits per heavy atom. The number of nitrogens with one attached hydrogen (secondary N) is 2. The van der Waals surface area contributed by atoms with Gasteiger partial charge < -0.3 is 20.1 Å². The molecule has 7 nitrogen and oxygen atoms in total. The summed E-state index contributed by atoms with van der Waals surface area (Å²) in [5, 5.41) is 6.65. The van der Waals surface area contributed by atoms with Gasteiger partial charge in [-0.15, -0.1) is 24.0 Å². The number of aryl methyl sites for hydroxylation is 1. The quantitative estimate of drug-likeness (QED) is 0.284. The van der Waals surface area contributed by atoms with Gasteiger partial charge in [0.2, 0.25) is 0 Å². The van der Waals surface area contributed by atoms with Crippen LogP contribution in [0.2, 0.25) is 0 Å². The second-order valence-electron chi connectivity index (χ2n) is 8.10. The van der Waals surface area contributed by atoms with Crippen molar-refractivity contribution in [2.45, 2.75) is 37.6 Å². The Kier molecular flexibility index (Phi) is 10.3. The summed E-state index contributed by atoms with van der Waals surface area (Å²) in [5.74, 6) is 2.06. The number of ether oxygens (including phenoxy) is 2. The first-order chi connectivity index (χ1) is 14.5. The highest BCUT2D eigenvalue weighted by atomic mass is 127. The highest BCUT2D eigenvalue weighted by molar-refractivity contribution is 14.0. The number of nitrogens with zero attached hydrogens (tertiary/aromatic N) is 1. The van der Waals surface area contributed by atoms with Crippen LogP contribution in [0.25, 0.3) is 0 Å². The van der Waals surface area contributed by atoms with Crippen LogP contribution in [0.3, 0.4) is 0 Å². The molecule has 0 amide bonds. The maximum atomic E-state index is 11.8. The fourth-order valence-corrected chi connectivity index (χ4v) is 4.27. The third-order valence-corrected chi connectivity index (χ3v) is 6.44. The molecule has 0 aliphatic rings. The number of sulfone groups is 1. The van der Waals surface area contributed by atoms with Crippen LogP contribution < -0.4 is 20.1 Å². The lowest BCUT2D eigenvalue weighted by Crippen LogP contribution is -2.43. The topological polar surface area (TPSA) is 89.0 Å². The minimum absolute atomic E-state index is 0. The molecule has 0 unspecified atom stereocenters. The summed E-state index contributed by atoms with van der Waals surface area (Å²) in [6.07, 6.45) is 1.22. The Labute approximate surface area is 208 Å². The summed E-state index contributed by atoms with van der Waals surface area (Å²) in [7, 11) is 1.75. The fraction of sp³-hybridized carbons (Fsp3) is 0.435. The number of benzene rings is 2. The second kappa shape index (κ2) is 11.7. The molecule has 0 aromatic heterocycles. The van der Waals surface area contributed by atoms with Crippen molar-refractivity contribution in [3.05, 3.63) is 53.1 Å². The molecule has 0 bridgehead atoms. The van der Waals surface area contributed by atoms with E-state index < -0.39 is 9.84 Å². The van der Waals surface area contributed by atoms with E-state index in [9.17, 15) is 8.42 Å². The van der Waals surface area contributed by atoms with Gasteiger partial charge in [-0.05, 0) is 41.8 Å². The van der Waals surface area contributed by atoms with Gasteiger partial charge in [-0.3, -0.25) is 4.99 Å². The monoisotopic (exact) mass is 575 g/mol. The van der Waals surface area contributed by atoms with E-state index in [2.05, 4.69) is 29.5 Å². The third-order valence-electron chi connectivity index (χ3n) is 5.19. The van der Waals surface area contributed by atoms with Gasteiger partial charge in [0.25, 0.3) is 0 Å². The molecule has 32 heavy (non-hydrogen) atoms. The Hall–Kier alpha value is -2.01. The van der Waals surface area contributed by atoms with Gasteiger partial charge in [-0.1, -0.05) is 32.0 Å². The molecule has 2 aromatic carbocycles. The van der Waals surface area contributed by atoms with Crippen molar-refractivity contribution in [2.75, 3.05) is 34.1 Å². The van der Waals surface area contributed by atoms with Crippen molar-refractivity contribution in [3.8, 4) is 11.5 Å². The van der Waals surface area contributed by atoms with Crippen LogP contribution in [0.4, 0.5) is 0 Å². The zero-order valence-electron chi connectivity index (χ0n) is 19.8. The molecule has 0 spiro atoms. The molecule has 178 valence electrons. The molecule has 0 saturated heterocycles. The lowest BCUT2D eigenvalue weighted by Gasteiger charge is -2.27. The molecule has 0 fully saturated rings. The van der Waals surface area contributed by atoms with Gasteiger partial charge in [-0.25, -0.2) is 8.42 Å². The normalized spacial score (nSPS) is 12.0. The number of methoxy groups -OCH3 is 2. The van der Waals surface area contributed by atoms with E-state index in [4.69, 9.17) is 9.47 Å². The SMILES string of the molecule is CN=C(NCc1ccc(S(C)(=O)=O)c(C)c1)NCC(C)(C)c1ccc(OC)c(OC)c1.I. The summed E-state index contributed by atoms with van der Waals surface area (Å²) in [5.41, 5.74) is 2.64. The summed E-state index contributed by atoms with van der Waals surface area (Å²) >= 11 is 0. The van der Waals surface area contributed by atoms with Crippen LogP contribution in [0.1, 0.15) is 30.5 Å². The zero-order chi connectivity index (χ0) is 23.2. The largest absolute Gasteiger partial charge is 0.493 e. The van der Waals surface area contributed by atoms with Crippen LogP contribution >= 0.6 is 24.0 Å². The highest BCUT2D eigenvalue weighted by Crippen LogP contribution is 2.32. The van der Waals surface area contributed by atoms with Crippen molar-refractivity contribution >= 4 is 39.8 Å². The number of guanidine groups is 1. The summed E-state index contributed by atoms with van der Waals surface area (Å²) in [6, 6.07) is 11.3. The fourth-order valence-electron chi connectivity index (χ4n) is 3.31. The maximum Gasteiger partial charge on any atom is 0.191 e. The van der Waals surface area contributed by atoms with Gasteiger partial charge in [-0.2, -0.15) is 0 Å². The van der Waals surface area contributed by atoms with Gasteiger partial charge in [0, 0.05) is 31.8 Å². The molecule has 0 aliphatic carbocycles. The van der Waals surface area contributed by atoms with Gasteiger partial charge in [0.05, 0.1) is 19.1 Å². The standard InChI is InChI=1S/C23H33N3O4S.HI/c1-16-12-17(8-11-21(16)31(7,27)28)14-25-22(24-4)26-15-23(2,3)18-9-10-19(29-5)20(13-18)30-6;/h8-13H,14-15H2,1-7H3,(H2,24,25,26);1H. The van der Waals surface area contributed by atoms with Crippen molar-refractivity contribution in [3.63, 3.8) is 0 Å². The number of rotatable bonds is 8. The Balaban J connectivity index is 0.00000512. The minimum Gasteiger partial charge on any atom is -0.493 e. The lowest BCUT2D eigenvalue weighted by molar-refractivity contribution is 0.353. The summed E-state index contributed by atoms with van der Waals surface area (Å²) in [6.45, 7) is 7.26. The van der Waals surface area contributed by atoms with E-state index in [0.717, 1.165) is 16.7 Å². The summed E-state index contributed by atoms with van der Waals surface area (Å²) in [4.78, 5) is 4.65. The zero-order valence-corrected chi connectivity index (χ0v) is 22.9. The molecule has 2 N–H and O–H groups in total. The molecule has 9 heteroatoms. The van der Waals surface area contributed by atoms with Crippen LogP contribution in [-0.2, 0) is 21.8 Å². The smallest absolute Gasteiger partial charge is 0.191 e. The minimum atomic E-state index is -3.22. The highest BCUT2D eigenvalue weighted by Gasteiger charge is 2.23. The van der Waals surface area contributed by atoms with Crippen molar-refractivity contribution in [1.29, 1.82) is 0 Å². The van der Waals surface area contributed by atoms with Crippen LogP contribution in [0, 0.1) is 6.92 Å². The first-order valence-corrected chi connectivity index (χ1v) is 11.9. The molecule has 2 aromatic rings. The van der Waals surface area contributed by atoms with Crippen LogP contribution in [0.5, 0.6) is 11.5 Å². The average Bonchev–Trinajstić information content (AvgIpc) is 2.72. The second-order valence-corrected chi connectivity index (χ2v) is 10.1. The Morgan fingerprint density at radius 2 is 1.69 bits per heavy atom. The first-order valence-electron chi connectivity index (χ1n) is 9.98. The van der Waals surface area contributed by atoms with E-state index in [0.29, 0.717) is 35.4 Å². The lowest BCUT2D eigenvalue weighted by atomic mass is 9.84. The molecular formula is C23H34IN3O4S. The van der Waals surface area contributed by atoms with Gasteiger partial charge in [0.1, 0.15) is 0 Å². The number of halogens is 1. The van der Waals surface area contributed by atoms with Crippen molar-refractivity contribution in [1.82, 2.24) is 10.6 Å². The molecular weight excluding hydrogens is 541 g/mol. The van der Waals surface area contributed by atoms with E-state index in [1.807, 2.05) is 30.3 Å². The summed E-state index contributed by atoms with van der Waals surface area (Å²) < 4.78 is 34.3. The predicted molar refractivity (Wildman–Crippen MR) is 140 cm³/mol. The van der Waals surface area contributed by atoms with E-state index in [1.54, 1.807) is 34.3 Å². The number of hydrogen-bond donors (Lipinski definition) is 2. The Morgan fingerprint density at radius 3 is 2.22 bits per heavy atom. The average molecular weight is 576 g/mol.